The Labute approximate surface area is 196 Å². The number of esters is 1. The van der Waals surface area contributed by atoms with Crippen LogP contribution in [0.1, 0.15) is 23.1 Å². The summed E-state index contributed by atoms with van der Waals surface area (Å²) < 4.78 is 12.3. The molecule has 3 aromatic rings. The molecule has 0 saturated carbocycles. The topological polar surface area (TPSA) is 95.3 Å². The van der Waals surface area contributed by atoms with Gasteiger partial charge in [0.2, 0.25) is 5.91 Å². The molecule has 31 heavy (non-hydrogen) atoms. The molecule has 8 nitrogen and oxygen atoms in total. The molecule has 0 aliphatic carbocycles. The highest BCUT2D eigenvalue weighted by Crippen LogP contribution is 2.29. The highest BCUT2D eigenvalue weighted by Gasteiger charge is 2.17. The predicted octanol–water partition coefficient (Wildman–Crippen LogP) is 4.76. The average Bonchev–Trinajstić information content (AvgIpc) is 3.38. The van der Waals surface area contributed by atoms with Crippen molar-refractivity contribution in [2.75, 3.05) is 18.2 Å². The monoisotopic (exact) mass is 500 g/mol. The number of methoxy groups -OCH3 is 1. The number of carbonyl (C=O) groups excluding carboxylic acids is 2. The number of hydrogen-bond acceptors (Lipinski definition) is 8. The lowest BCUT2D eigenvalue weighted by Gasteiger charge is -2.10. The van der Waals surface area contributed by atoms with Crippen molar-refractivity contribution in [3.8, 4) is 5.75 Å². The van der Waals surface area contributed by atoms with E-state index in [1.807, 2.05) is 11.5 Å². The first-order valence-electron chi connectivity index (χ1n) is 9.01. The number of ether oxygens (including phenoxy) is 2. The van der Waals surface area contributed by atoms with Gasteiger partial charge < -0.3 is 19.4 Å². The van der Waals surface area contributed by atoms with Gasteiger partial charge in [-0.1, -0.05) is 35.0 Å². The largest absolute Gasteiger partial charge is 0.484 e. The van der Waals surface area contributed by atoms with Crippen LogP contribution in [-0.2, 0) is 22.7 Å². The minimum atomic E-state index is -0.501. The third kappa shape index (κ3) is 5.91. The van der Waals surface area contributed by atoms with E-state index in [2.05, 4.69) is 15.5 Å². The molecule has 1 N–H and O–H groups in total. The third-order valence-corrected chi connectivity index (χ3v) is 6.36. The van der Waals surface area contributed by atoms with Crippen LogP contribution < -0.4 is 10.1 Å². The second-order valence-electron chi connectivity index (χ2n) is 6.00. The zero-order valence-electron chi connectivity index (χ0n) is 16.6. The van der Waals surface area contributed by atoms with Crippen LogP contribution in [0.4, 0.5) is 5.00 Å². The Morgan fingerprint density at radius 1 is 1.26 bits per heavy atom. The van der Waals surface area contributed by atoms with E-state index in [0.717, 1.165) is 0 Å². The first-order valence-corrected chi connectivity index (χ1v) is 11.6. The van der Waals surface area contributed by atoms with Crippen LogP contribution in [0.3, 0.4) is 0 Å². The fourth-order valence-electron chi connectivity index (χ4n) is 2.55. The van der Waals surface area contributed by atoms with Crippen molar-refractivity contribution >= 4 is 63.2 Å². The molecule has 0 bridgehead atoms. The fraction of sp³-hybridized carbons (Fsp3) is 0.263. The van der Waals surface area contributed by atoms with E-state index in [-0.39, 0.29) is 18.3 Å². The van der Waals surface area contributed by atoms with Gasteiger partial charge in [-0.2, -0.15) is 0 Å². The fourth-order valence-corrected chi connectivity index (χ4v) is 4.50. The van der Waals surface area contributed by atoms with Gasteiger partial charge >= 0.3 is 5.97 Å². The lowest BCUT2D eigenvalue weighted by atomic mass is 10.3. The van der Waals surface area contributed by atoms with E-state index in [4.69, 9.17) is 32.7 Å². The number of nitrogens with one attached hydrogen (secondary N) is 1. The molecule has 0 unspecified atom stereocenters. The number of halogens is 2. The number of hydrogen-bond donors (Lipinski definition) is 1. The molecule has 0 saturated heterocycles. The van der Waals surface area contributed by atoms with Gasteiger partial charge in [-0.25, -0.2) is 4.79 Å². The van der Waals surface area contributed by atoms with Gasteiger partial charge in [0.1, 0.15) is 17.4 Å². The van der Waals surface area contributed by atoms with Crippen molar-refractivity contribution in [2.24, 2.45) is 0 Å². The Kier molecular flexibility index (Phi) is 8.19. The molecular formula is C19H18Cl2N4O4S2. The van der Waals surface area contributed by atoms with E-state index < -0.39 is 5.97 Å². The highest BCUT2D eigenvalue weighted by molar-refractivity contribution is 7.99. The molecule has 2 heterocycles. The Bertz CT molecular complexity index is 1090. The number of thioether (sulfide) groups is 1. The van der Waals surface area contributed by atoms with E-state index in [1.165, 1.54) is 30.2 Å². The Balaban J connectivity index is 1.60. The van der Waals surface area contributed by atoms with Crippen molar-refractivity contribution in [3.05, 3.63) is 51.1 Å². The first kappa shape index (κ1) is 23.4. The van der Waals surface area contributed by atoms with Crippen molar-refractivity contribution in [2.45, 2.75) is 25.2 Å². The maximum absolute atomic E-state index is 12.3. The summed E-state index contributed by atoms with van der Waals surface area (Å²) in [6, 6.07) is 6.56. The van der Waals surface area contributed by atoms with Crippen LogP contribution in [0.15, 0.2) is 34.8 Å². The third-order valence-electron chi connectivity index (χ3n) is 4.02. The molecule has 164 valence electrons. The molecule has 3 rings (SSSR count). The molecule has 1 amide bonds. The number of thiophene rings is 1. The highest BCUT2D eigenvalue weighted by atomic mass is 35.5. The van der Waals surface area contributed by atoms with Crippen LogP contribution >= 0.6 is 46.3 Å². The smallest absolute Gasteiger partial charge is 0.340 e. The standard InChI is InChI=1S/C19H18Cl2N4O4S2/c1-3-25-15(9-29-14-8-11(20)4-5-13(14)21)23-24-19(25)31-10-16(26)22-17-12(6-7-30-17)18(27)28-2/h4-8H,3,9-10H2,1-2H3,(H,22,26). The molecule has 0 radical (unpaired) electrons. The summed E-state index contributed by atoms with van der Waals surface area (Å²) in [4.78, 5) is 24.1. The molecule has 2 aromatic heterocycles. The van der Waals surface area contributed by atoms with Crippen LogP contribution in [-0.4, -0.2) is 39.5 Å². The summed E-state index contributed by atoms with van der Waals surface area (Å²) in [5, 5.41) is 14.7. The lowest BCUT2D eigenvalue weighted by molar-refractivity contribution is -0.113. The number of rotatable bonds is 9. The Hall–Kier alpha value is -2.27. The summed E-state index contributed by atoms with van der Waals surface area (Å²) in [5.41, 5.74) is 0.321. The lowest BCUT2D eigenvalue weighted by Crippen LogP contribution is -2.16. The zero-order valence-corrected chi connectivity index (χ0v) is 19.7. The minimum Gasteiger partial charge on any atom is -0.484 e. The summed E-state index contributed by atoms with van der Waals surface area (Å²) in [6.45, 7) is 2.68. The predicted molar refractivity (Wildman–Crippen MR) is 122 cm³/mol. The van der Waals surface area contributed by atoms with E-state index in [1.54, 1.807) is 29.6 Å². The van der Waals surface area contributed by atoms with E-state index in [9.17, 15) is 9.59 Å². The number of nitrogens with zero attached hydrogens (tertiary/aromatic N) is 3. The molecular weight excluding hydrogens is 483 g/mol. The normalized spacial score (nSPS) is 10.7. The number of carbonyl (C=O) groups is 2. The molecule has 0 atom stereocenters. The molecule has 12 heteroatoms. The molecule has 0 aliphatic heterocycles. The zero-order chi connectivity index (χ0) is 22.4. The number of benzene rings is 1. The second kappa shape index (κ2) is 10.9. The number of aromatic nitrogens is 3. The summed E-state index contributed by atoms with van der Waals surface area (Å²) >= 11 is 14.6. The van der Waals surface area contributed by atoms with E-state index >= 15 is 0 Å². The van der Waals surface area contributed by atoms with Gasteiger partial charge in [-0.05, 0) is 30.5 Å². The van der Waals surface area contributed by atoms with Crippen LogP contribution in [0, 0.1) is 0 Å². The average molecular weight is 501 g/mol. The van der Waals surface area contributed by atoms with Gasteiger partial charge in [0, 0.05) is 17.6 Å². The van der Waals surface area contributed by atoms with Crippen molar-refractivity contribution in [1.82, 2.24) is 14.8 Å². The van der Waals surface area contributed by atoms with Gasteiger partial charge in [-0.15, -0.1) is 21.5 Å². The number of amides is 1. The quantitative estimate of drug-likeness (QED) is 0.334. The number of anilines is 1. The Morgan fingerprint density at radius 2 is 2.06 bits per heavy atom. The van der Waals surface area contributed by atoms with Crippen LogP contribution in [0.5, 0.6) is 5.75 Å². The first-order chi connectivity index (χ1) is 14.9. The van der Waals surface area contributed by atoms with E-state index in [0.29, 0.717) is 43.9 Å². The summed E-state index contributed by atoms with van der Waals surface area (Å²) in [6.07, 6.45) is 0. The Morgan fingerprint density at radius 3 is 2.81 bits per heavy atom. The van der Waals surface area contributed by atoms with Crippen molar-refractivity contribution < 1.29 is 19.1 Å². The van der Waals surface area contributed by atoms with Gasteiger partial charge in [-0.3, -0.25) is 4.79 Å². The summed E-state index contributed by atoms with van der Waals surface area (Å²) in [5.74, 6) is 0.363. The maximum Gasteiger partial charge on any atom is 0.340 e. The molecule has 0 spiro atoms. The molecule has 1 aromatic carbocycles. The van der Waals surface area contributed by atoms with Crippen molar-refractivity contribution in [1.29, 1.82) is 0 Å². The minimum absolute atomic E-state index is 0.0949. The second-order valence-corrected chi connectivity index (χ2v) is 8.70. The van der Waals surface area contributed by atoms with Gasteiger partial charge in [0.05, 0.1) is 23.4 Å². The molecule has 0 fully saturated rings. The summed E-state index contributed by atoms with van der Waals surface area (Å²) in [7, 11) is 1.29. The van der Waals surface area contributed by atoms with Crippen molar-refractivity contribution in [3.63, 3.8) is 0 Å². The van der Waals surface area contributed by atoms with Gasteiger partial charge in [0.15, 0.2) is 11.0 Å². The van der Waals surface area contributed by atoms with Crippen LogP contribution in [0.25, 0.3) is 0 Å². The molecule has 0 aliphatic rings. The maximum atomic E-state index is 12.3. The SMILES string of the molecule is CCn1c(COc2cc(Cl)ccc2Cl)nnc1SCC(=O)Nc1sccc1C(=O)OC. The van der Waals surface area contributed by atoms with Gasteiger partial charge in [0.25, 0.3) is 0 Å². The van der Waals surface area contributed by atoms with Crippen LogP contribution in [0.2, 0.25) is 10.0 Å².